The van der Waals surface area contributed by atoms with Crippen molar-refractivity contribution in [2.24, 2.45) is 16.0 Å². The minimum absolute atomic E-state index is 0.0280. The molecule has 53 heavy (non-hydrogen) atoms. The zero-order valence-electron chi connectivity index (χ0n) is 32.0. The van der Waals surface area contributed by atoms with Gasteiger partial charge in [0.15, 0.2) is 5.60 Å². The number of Topliss-reactive ketones (excluding diaryl/α,β-unsaturated/α-hetero) is 1. The van der Waals surface area contributed by atoms with Crippen LogP contribution in [0.25, 0.3) is 0 Å². The zero-order valence-corrected chi connectivity index (χ0v) is 32.7. The summed E-state index contributed by atoms with van der Waals surface area (Å²) in [6.45, 7) is 11.6. The molecule has 4 heterocycles. The first-order chi connectivity index (χ1) is 25.0. The molecule has 0 aromatic heterocycles. The van der Waals surface area contributed by atoms with E-state index < -0.39 is 52.6 Å². The first-order valence-corrected chi connectivity index (χ1v) is 18.9. The molecule has 5 rings (SSSR count). The van der Waals surface area contributed by atoms with Crippen LogP contribution in [0, 0.1) is 10.8 Å². The van der Waals surface area contributed by atoms with Gasteiger partial charge in [0, 0.05) is 57.2 Å². The number of carbonyl (C=O) groups excluding carboxylic acids is 5. The molecule has 15 heteroatoms. The number of nitrogens with one attached hydrogen (secondary N) is 2. The van der Waals surface area contributed by atoms with Gasteiger partial charge in [-0.15, -0.1) is 0 Å². The van der Waals surface area contributed by atoms with Crippen molar-refractivity contribution in [3.05, 3.63) is 22.7 Å². The number of ketones is 1. The van der Waals surface area contributed by atoms with Gasteiger partial charge in [0.1, 0.15) is 23.6 Å². The van der Waals surface area contributed by atoms with Gasteiger partial charge >= 0.3 is 0 Å². The third-order valence-corrected chi connectivity index (χ3v) is 11.2. The van der Waals surface area contributed by atoms with Crippen LogP contribution in [0.1, 0.15) is 91.5 Å². The van der Waals surface area contributed by atoms with Gasteiger partial charge in [0.05, 0.1) is 37.5 Å². The number of likely N-dealkylation sites (tertiary alicyclic amines) is 2. The zero-order chi connectivity index (χ0) is 38.7. The quantitative estimate of drug-likeness (QED) is 0.286. The van der Waals surface area contributed by atoms with Crippen LogP contribution in [0.5, 0.6) is 11.5 Å². The highest BCUT2D eigenvalue weighted by atomic mass is 35.5. The van der Waals surface area contributed by atoms with E-state index in [1.165, 1.54) is 24.0 Å². The van der Waals surface area contributed by atoms with E-state index >= 15 is 0 Å². The van der Waals surface area contributed by atoms with Crippen LogP contribution in [-0.2, 0) is 33.5 Å². The average molecular weight is 760 g/mol. The van der Waals surface area contributed by atoms with Gasteiger partial charge in [-0.3, -0.25) is 24.0 Å². The van der Waals surface area contributed by atoms with Crippen LogP contribution in [-0.4, -0.2) is 116 Å². The molecule has 4 aliphatic rings. The molecule has 4 aliphatic heterocycles. The van der Waals surface area contributed by atoms with Crippen LogP contribution in [0.2, 0.25) is 5.02 Å². The lowest BCUT2D eigenvalue weighted by Crippen LogP contribution is -2.59. The van der Waals surface area contributed by atoms with E-state index in [4.69, 9.17) is 30.6 Å². The second kappa shape index (κ2) is 16.2. The van der Waals surface area contributed by atoms with E-state index in [1.54, 1.807) is 12.1 Å². The van der Waals surface area contributed by atoms with Crippen LogP contribution >= 0.6 is 11.6 Å². The summed E-state index contributed by atoms with van der Waals surface area (Å²) < 4.78 is 16.5. The summed E-state index contributed by atoms with van der Waals surface area (Å²) >= 11 is 6.48. The van der Waals surface area contributed by atoms with Gasteiger partial charge in [-0.25, -0.2) is 0 Å². The molecular formula is C38H54ClN5O9. The molecule has 3 saturated heterocycles. The number of ether oxygens (including phenoxy) is 3. The Morgan fingerprint density at radius 3 is 2.32 bits per heavy atom. The van der Waals surface area contributed by atoms with Crippen molar-refractivity contribution in [2.75, 3.05) is 47.1 Å². The summed E-state index contributed by atoms with van der Waals surface area (Å²) in [6.07, 6.45) is 3.54. The van der Waals surface area contributed by atoms with Crippen LogP contribution in [0.4, 0.5) is 0 Å². The maximum atomic E-state index is 14.8. The van der Waals surface area contributed by atoms with Gasteiger partial charge in [-0.2, -0.15) is 0 Å². The maximum Gasteiger partial charge on any atom is 0.292 e. The Morgan fingerprint density at radius 1 is 1.06 bits per heavy atom. The molecule has 292 valence electrons. The number of hydrogen-bond donors (Lipinski definition) is 2. The summed E-state index contributed by atoms with van der Waals surface area (Å²) in [7, 11) is 3.01. The molecule has 0 unspecified atom stereocenters. The maximum absolute atomic E-state index is 14.8. The molecule has 2 N–H and O–H groups in total. The largest absolute Gasteiger partial charge is 0.496 e. The van der Waals surface area contributed by atoms with Crippen LogP contribution in [0.3, 0.4) is 0 Å². The standard InChI is InChI=1S/C38H54ClN5O9/c1-8-10-25(31(46)34(48)43-13-9-14-43)40-33(47)27-20-38(19-26(42-53-38)23-17-24(39)29(51-7)18-28(23)50-6)22-44(27)35(49)32(36(2,3)4)41-30(45)21-37(5)11-15-52-16-12-37/h17-18,25,27,32H,8-16,19-22H2,1-7H3,(H,40,47)(H,41,45)/t25-,27-,32+,38+/m0/s1. The fourth-order valence-corrected chi connectivity index (χ4v) is 7.70. The van der Waals surface area contributed by atoms with Crippen molar-refractivity contribution in [2.45, 2.75) is 110 Å². The molecule has 3 fully saturated rings. The Balaban J connectivity index is 1.43. The molecule has 0 saturated carbocycles. The van der Waals surface area contributed by atoms with Crippen molar-refractivity contribution < 1.29 is 43.0 Å². The summed E-state index contributed by atoms with van der Waals surface area (Å²) in [6, 6.07) is 0.166. The molecule has 1 aromatic carbocycles. The van der Waals surface area contributed by atoms with Crippen LogP contribution in [0.15, 0.2) is 17.3 Å². The van der Waals surface area contributed by atoms with E-state index in [0.717, 1.165) is 19.3 Å². The van der Waals surface area contributed by atoms with Gasteiger partial charge in [0.2, 0.25) is 23.5 Å². The number of benzene rings is 1. The van der Waals surface area contributed by atoms with E-state index in [9.17, 15) is 24.0 Å². The Morgan fingerprint density at radius 2 is 1.74 bits per heavy atom. The molecule has 1 spiro atoms. The first kappa shape index (κ1) is 40.3. The summed E-state index contributed by atoms with van der Waals surface area (Å²) in [5.41, 5.74) is -1.05. The fraction of sp³-hybridized carbons (Fsp3) is 0.684. The monoisotopic (exact) mass is 759 g/mol. The topological polar surface area (TPSA) is 165 Å². The van der Waals surface area contributed by atoms with Crippen molar-refractivity contribution >= 4 is 46.7 Å². The van der Waals surface area contributed by atoms with E-state index in [-0.39, 0.29) is 43.6 Å². The number of carbonyl (C=O) groups is 5. The van der Waals surface area contributed by atoms with E-state index in [1.807, 2.05) is 34.6 Å². The van der Waals surface area contributed by atoms with E-state index in [2.05, 4.69) is 15.8 Å². The lowest BCUT2D eigenvalue weighted by molar-refractivity contribution is -0.149. The fourth-order valence-electron chi connectivity index (χ4n) is 7.46. The summed E-state index contributed by atoms with van der Waals surface area (Å²) in [5.74, 6) is -1.75. The number of halogens is 1. The first-order valence-electron chi connectivity index (χ1n) is 18.5. The predicted molar refractivity (Wildman–Crippen MR) is 197 cm³/mol. The molecule has 0 aliphatic carbocycles. The van der Waals surface area contributed by atoms with Crippen molar-refractivity contribution in [1.29, 1.82) is 0 Å². The second-order valence-corrected chi connectivity index (χ2v) is 16.6. The number of hydrogen-bond acceptors (Lipinski definition) is 10. The van der Waals surface area contributed by atoms with Crippen molar-refractivity contribution in [1.82, 2.24) is 20.4 Å². The lowest BCUT2D eigenvalue weighted by atomic mass is 9.78. The van der Waals surface area contributed by atoms with Crippen molar-refractivity contribution in [3.8, 4) is 11.5 Å². The van der Waals surface area contributed by atoms with Gasteiger partial charge in [-0.1, -0.05) is 57.8 Å². The summed E-state index contributed by atoms with van der Waals surface area (Å²) in [4.78, 5) is 78.0. The molecule has 4 atom stereocenters. The molecule has 0 radical (unpaired) electrons. The summed E-state index contributed by atoms with van der Waals surface area (Å²) in [5, 5.41) is 10.6. The minimum Gasteiger partial charge on any atom is -0.496 e. The molecule has 14 nitrogen and oxygen atoms in total. The van der Waals surface area contributed by atoms with Gasteiger partial charge in [0.25, 0.3) is 5.91 Å². The Bertz CT molecular complexity index is 1620. The Labute approximate surface area is 316 Å². The van der Waals surface area contributed by atoms with Gasteiger partial charge < -0.3 is 39.5 Å². The number of methoxy groups -OCH3 is 2. The van der Waals surface area contributed by atoms with Crippen molar-refractivity contribution in [3.63, 3.8) is 0 Å². The number of rotatable bonds is 13. The molecule has 1 aromatic rings. The molecular weight excluding hydrogens is 706 g/mol. The number of oxime groups is 1. The highest BCUT2D eigenvalue weighted by Gasteiger charge is 2.56. The van der Waals surface area contributed by atoms with Crippen LogP contribution < -0.4 is 20.1 Å². The van der Waals surface area contributed by atoms with Gasteiger partial charge in [-0.05, 0) is 42.6 Å². The highest BCUT2D eigenvalue weighted by Crippen LogP contribution is 2.43. The molecule has 0 bridgehead atoms. The average Bonchev–Trinajstić information content (AvgIpc) is 3.68. The second-order valence-electron chi connectivity index (χ2n) is 16.2. The Hall–Kier alpha value is -3.91. The highest BCUT2D eigenvalue weighted by molar-refractivity contribution is 6.38. The number of amides is 4. The third-order valence-electron chi connectivity index (χ3n) is 10.9. The molecule has 4 amide bonds. The Kier molecular flexibility index (Phi) is 12.3. The third kappa shape index (κ3) is 8.91. The predicted octanol–water partition coefficient (Wildman–Crippen LogP) is 3.65. The smallest absolute Gasteiger partial charge is 0.292 e. The normalized spacial score (nSPS) is 23.3. The SMILES string of the molecule is CCC[C@H](NC(=O)[C@@H]1C[C@]2(CC(c3cc(Cl)c(OC)cc3OC)=NO2)CN1C(=O)[C@@H](NC(=O)CC1(C)CCOCC1)C(C)(C)C)C(=O)C(=O)N1CCC1. The minimum atomic E-state index is -1.12. The number of nitrogens with zero attached hydrogens (tertiary/aromatic N) is 3. The lowest BCUT2D eigenvalue weighted by Gasteiger charge is -2.37. The van der Waals surface area contributed by atoms with E-state index in [0.29, 0.717) is 60.5 Å².